The number of rotatable bonds is 26. The molecule has 14 N–H and O–H groups in total. The molecule has 0 saturated heterocycles. The second-order valence-corrected chi connectivity index (χ2v) is 25.9. The Morgan fingerprint density at radius 1 is 0.299 bits per heavy atom. The average Bonchev–Trinajstić information content (AvgIpc) is 0.755. The van der Waals surface area contributed by atoms with Crippen molar-refractivity contribution in [1.82, 2.24) is 0 Å². The van der Waals surface area contributed by atoms with Crippen LogP contribution in [-0.2, 0) is 110 Å². The van der Waals surface area contributed by atoms with Crippen LogP contribution in [0, 0.1) is 0 Å². The largest absolute Gasteiger partial charge is 0.496 e. The van der Waals surface area contributed by atoms with Crippen LogP contribution in [-0.4, -0.2) is 144 Å². The summed E-state index contributed by atoms with van der Waals surface area (Å²) in [4.78, 5) is 56.5. The van der Waals surface area contributed by atoms with Crippen LogP contribution >= 0.6 is 0 Å². The first-order chi connectivity index (χ1) is 56.6. The van der Waals surface area contributed by atoms with Crippen LogP contribution in [0.1, 0.15) is 115 Å². The zero-order chi connectivity index (χ0) is 85.3. The van der Waals surface area contributed by atoms with E-state index in [1.54, 1.807) is 147 Å². The molecule has 117 heavy (non-hydrogen) atoms. The van der Waals surface area contributed by atoms with E-state index in [4.69, 9.17) is 59.1 Å². The molecule has 0 aromatic heterocycles. The monoisotopic (exact) mass is 1600 g/mol. The quantitative estimate of drug-likeness (QED) is 0.00787. The van der Waals surface area contributed by atoms with E-state index >= 15 is 0 Å². The molecule has 25 heteroatoms. The number of carbonyl (C=O) groups is 5. The minimum absolute atomic E-state index is 0.0256. The molecule has 0 saturated carbocycles. The summed E-state index contributed by atoms with van der Waals surface area (Å²) < 4.78 is 30.8. The van der Waals surface area contributed by atoms with E-state index < -0.39 is 23.9 Å². The van der Waals surface area contributed by atoms with Gasteiger partial charge < -0.3 is 99.9 Å². The normalized spacial score (nSPS) is 10.9. The number of aldehydes is 1. The third-order valence-electron chi connectivity index (χ3n) is 18.6. The highest BCUT2D eigenvalue weighted by Crippen LogP contribution is 2.38. The molecule has 0 aliphatic rings. The van der Waals surface area contributed by atoms with E-state index in [0.29, 0.717) is 101 Å². The number of carboxylic acid groups (broad SMARTS) is 2. The SMILES string of the molecule is COC(=O)/C(=C/c1ccc(CO)cc1)c1ccc(CO)c(OC)c1.COC(=O)c1cc2ccc(CO)cc2c2cc(CO)c(OC)cc12.COc1cc(/C(=C\c2ccc(CO)cc2)C(=O)O)ccc1CO.COc1cc2c(CO)cc3ccc(CO)cc3c2cc1CO.O=C(O)Cc1ccc(CO)c(CO)c1.O=Cc1ccc(CO)cc1. The van der Waals surface area contributed by atoms with Crippen LogP contribution < -0.4 is 18.9 Å². The molecule has 0 bridgehead atoms. The first-order valence-corrected chi connectivity index (χ1v) is 36.2. The molecular formula is C92H94O25. The zero-order valence-electron chi connectivity index (χ0n) is 65.2. The van der Waals surface area contributed by atoms with Crippen molar-refractivity contribution in [2.24, 2.45) is 0 Å². The third kappa shape index (κ3) is 24.5. The molecule has 0 amide bonds. The maximum Gasteiger partial charge on any atom is 0.338 e. The fourth-order valence-corrected chi connectivity index (χ4v) is 12.3. The smallest absolute Gasteiger partial charge is 0.338 e. The topological polar surface area (TPSA) is 424 Å². The van der Waals surface area contributed by atoms with Crippen LogP contribution in [0.25, 0.3) is 66.4 Å². The molecule has 12 aromatic rings. The summed E-state index contributed by atoms with van der Waals surface area (Å²) in [5.74, 6) is -0.837. The van der Waals surface area contributed by atoms with Gasteiger partial charge in [-0.3, -0.25) is 9.59 Å². The van der Waals surface area contributed by atoms with Gasteiger partial charge in [0.1, 0.15) is 29.3 Å². The van der Waals surface area contributed by atoms with Gasteiger partial charge in [0, 0.05) is 33.2 Å². The molecule has 12 aromatic carbocycles. The Morgan fingerprint density at radius 2 is 0.675 bits per heavy atom. The fourth-order valence-electron chi connectivity index (χ4n) is 12.3. The van der Waals surface area contributed by atoms with Gasteiger partial charge in [0.2, 0.25) is 0 Å². The van der Waals surface area contributed by atoms with E-state index in [9.17, 15) is 64.8 Å². The summed E-state index contributed by atoms with van der Waals surface area (Å²) in [6.07, 6.45) is 3.97. The Balaban J connectivity index is 0.000000198. The van der Waals surface area contributed by atoms with Crippen LogP contribution in [0.2, 0.25) is 0 Å². The number of carbonyl (C=O) groups excluding carboxylic acids is 3. The van der Waals surface area contributed by atoms with Crippen molar-refractivity contribution in [2.75, 3.05) is 42.7 Å². The highest BCUT2D eigenvalue weighted by atomic mass is 16.5. The number of benzene rings is 12. The van der Waals surface area contributed by atoms with Crippen molar-refractivity contribution < 1.29 is 124 Å². The van der Waals surface area contributed by atoms with E-state index in [1.165, 1.54) is 35.5 Å². The molecule has 12 rings (SSSR count). The van der Waals surface area contributed by atoms with Crippen LogP contribution in [0.15, 0.2) is 200 Å². The number of carboxylic acids is 2. The van der Waals surface area contributed by atoms with Crippen molar-refractivity contribution in [1.29, 1.82) is 0 Å². The summed E-state index contributed by atoms with van der Waals surface area (Å²) in [5.41, 5.74) is 13.3. The molecule has 0 atom stereocenters. The highest BCUT2D eigenvalue weighted by Gasteiger charge is 2.20. The number of fused-ring (bicyclic) bond motifs is 6. The number of aliphatic hydroxyl groups is 12. The second kappa shape index (κ2) is 46.1. The van der Waals surface area contributed by atoms with Crippen molar-refractivity contribution in [2.45, 2.75) is 85.7 Å². The standard InChI is InChI=1S/C19H18O5.C19H20O5.C18H18O5.C18H18O4.C10H12O4.C8H8O2/c1-23-18-8-16-15(7-13(18)10-21)14-5-11(9-20)3-4-12(14)6-17(16)19(22)24-2;1-23-18-10-15(7-8-16(18)12-21)17(19(22)24-2)9-13-3-5-14(11-20)6-4-13;1-23-17-9-14(6-7-15(17)11-20)16(18(21)22)8-12-2-4-13(10-19)5-3-12;1-22-18-7-16-13(9-20)5-12-3-2-11(8-19)4-15(12)17(16)6-14(18)10-21;11-5-8-2-1-7(4-10(13)14)3-9(8)6-12;9-5-7-1-2-8(6-10)4-3-7/h3-8,20-21H,9-10H2,1-2H3;3-10,20-21H,11-12H2,1-2H3;2-9,19-20H,10-11H2,1H3,(H,21,22);2-7,19-21H,8-10H2,1H3;1-3,11-12H,4-6H2,(H,13,14);1-5,10H,6H2/b;17-9+;16-8+;;;. The Kier molecular flexibility index (Phi) is 36.1. The molecular weight excluding hydrogens is 1500 g/mol. The Morgan fingerprint density at radius 3 is 1.07 bits per heavy atom. The van der Waals surface area contributed by atoms with Gasteiger partial charge in [-0.1, -0.05) is 140 Å². The number of hydrogen-bond donors (Lipinski definition) is 14. The number of hydrogen-bond acceptors (Lipinski definition) is 23. The van der Waals surface area contributed by atoms with Crippen molar-refractivity contribution in [3.05, 3.63) is 306 Å². The summed E-state index contributed by atoms with van der Waals surface area (Å²) in [5, 5.41) is 136. The summed E-state index contributed by atoms with van der Waals surface area (Å²) in [6, 6.07) is 58.1. The second-order valence-electron chi connectivity index (χ2n) is 25.9. The maximum absolute atomic E-state index is 12.2. The molecule has 0 unspecified atom stereocenters. The zero-order valence-corrected chi connectivity index (χ0v) is 65.2. The van der Waals surface area contributed by atoms with E-state index in [0.717, 1.165) is 82.9 Å². The number of ether oxygens (including phenoxy) is 6. The lowest BCUT2D eigenvalue weighted by Crippen LogP contribution is -2.05. The van der Waals surface area contributed by atoms with E-state index in [2.05, 4.69) is 0 Å². The Hall–Kier alpha value is -12.6. The van der Waals surface area contributed by atoms with Gasteiger partial charge in [0.15, 0.2) is 0 Å². The van der Waals surface area contributed by atoms with Gasteiger partial charge in [-0.25, -0.2) is 14.4 Å². The van der Waals surface area contributed by atoms with Crippen molar-refractivity contribution in [3.63, 3.8) is 0 Å². The number of aliphatic hydroxyl groups excluding tert-OH is 12. The van der Waals surface area contributed by atoms with Crippen molar-refractivity contribution >= 4 is 96.6 Å². The Bertz CT molecular complexity index is 5440. The van der Waals surface area contributed by atoms with Gasteiger partial charge in [0.25, 0.3) is 0 Å². The van der Waals surface area contributed by atoms with Crippen LogP contribution in [0.3, 0.4) is 0 Å². The minimum atomic E-state index is -1.06. The lowest BCUT2D eigenvalue weighted by Gasteiger charge is -2.14. The average molecular weight is 1600 g/mol. The lowest BCUT2D eigenvalue weighted by molar-refractivity contribution is -0.136. The fraction of sp³-hybridized carbons (Fsp3) is 0.207. The summed E-state index contributed by atoms with van der Waals surface area (Å²) >= 11 is 0. The van der Waals surface area contributed by atoms with Gasteiger partial charge >= 0.3 is 23.9 Å². The highest BCUT2D eigenvalue weighted by molar-refractivity contribution is 6.22. The number of esters is 2. The number of aliphatic carboxylic acids is 2. The molecule has 0 aliphatic heterocycles. The maximum atomic E-state index is 12.2. The van der Waals surface area contributed by atoms with Crippen LogP contribution in [0.4, 0.5) is 0 Å². The van der Waals surface area contributed by atoms with E-state index in [1.807, 2.05) is 72.8 Å². The molecule has 0 spiro atoms. The van der Waals surface area contributed by atoms with Gasteiger partial charge in [-0.15, -0.1) is 0 Å². The predicted molar refractivity (Wildman–Crippen MR) is 442 cm³/mol. The number of methoxy groups -OCH3 is 6. The summed E-state index contributed by atoms with van der Waals surface area (Å²) in [6.45, 7) is -1.21. The molecule has 0 aliphatic carbocycles. The minimum Gasteiger partial charge on any atom is -0.496 e. The van der Waals surface area contributed by atoms with Crippen molar-refractivity contribution in [3.8, 4) is 23.0 Å². The molecule has 0 heterocycles. The van der Waals surface area contributed by atoms with E-state index in [-0.39, 0.29) is 91.3 Å². The van der Waals surface area contributed by atoms with Crippen LogP contribution in [0.5, 0.6) is 23.0 Å². The first kappa shape index (κ1) is 91.6. The lowest BCUT2D eigenvalue weighted by atomic mass is 9.94. The third-order valence-corrected chi connectivity index (χ3v) is 18.6. The Labute approximate surface area is 674 Å². The molecule has 0 radical (unpaired) electrons. The van der Waals surface area contributed by atoms with Gasteiger partial charge in [-0.05, 0) is 183 Å². The predicted octanol–water partition coefficient (Wildman–Crippen LogP) is 11.2. The first-order valence-electron chi connectivity index (χ1n) is 36.2. The molecule has 0 fully saturated rings. The van der Waals surface area contributed by atoms with Gasteiger partial charge in [0.05, 0.1) is 145 Å². The molecule has 612 valence electrons. The molecule has 25 nitrogen and oxygen atoms in total. The summed E-state index contributed by atoms with van der Waals surface area (Å²) in [7, 11) is 8.72. The van der Waals surface area contributed by atoms with Gasteiger partial charge in [-0.2, -0.15) is 0 Å².